The van der Waals surface area contributed by atoms with Crippen molar-refractivity contribution < 1.29 is 24.1 Å². The number of carbonyl (C=O) groups excluding carboxylic acids is 1. The molecule has 5 nitrogen and oxygen atoms in total. The maximum atomic E-state index is 12.4. The zero-order valence-electron chi connectivity index (χ0n) is 14.4. The first-order chi connectivity index (χ1) is 12.7. The second-order valence-corrected chi connectivity index (χ2v) is 5.82. The molecule has 0 saturated carbocycles. The number of methoxy groups -OCH3 is 1. The molecule has 0 bridgehead atoms. The van der Waals surface area contributed by atoms with Crippen molar-refractivity contribution in [2.75, 3.05) is 13.7 Å². The highest BCUT2D eigenvalue weighted by molar-refractivity contribution is 5.96. The molecule has 1 aliphatic heterocycles. The molecule has 2 aromatic rings. The largest absolute Gasteiger partial charge is 0.490 e. The van der Waals surface area contributed by atoms with E-state index in [9.17, 15) is 9.90 Å². The average Bonchev–Trinajstić information content (AvgIpc) is 2.67. The second-order valence-electron chi connectivity index (χ2n) is 5.82. The summed E-state index contributed by atoms with van der Waals surface area (Å²) in [5, 5.41) is 9.98. The maximum absolute atomic E-state index is 12.4. The van der Waals surface area contributed by atoms with Gasteiger partial charge in [0.2, 0.25) is 0 Å². The molecule has 1 aliphatic rings. The van der Waals surface area contributed by atoms with Gasteiger partial charge in [0.05, 0.1) is 7.11 Å². The van der Waals surface area contributed by atoms with Crippen molar-refractivity contribution >= 4 is 12.0 Å². The van der Waals surface area contributed by atoms with Gasteiger partial charge >= 0.3 is 5.97 Å². The van der Waals surface area contributed by atoms with Crippen LogP contribution in [0.2, 0.25) is 0 Å². The average molecular weight is 352 g/mol. The van der Waals surface area contributed by atoms with Gasteiger partial charge in [-0.25, -0.2) is 4.79 Å². The molecule has 1 atom stereocenters. The molecule has 0 amide bonds. The van der Waals surface area contributed by atoms with Gasteiger partial charge in [-0.15, -0.1) is 0 Å². The lowest BCUT2D eigenvalue weighted by molar-refractivity contribution is -0.148. The lowest BCUT2D eigenvalue weighted by atomic mass is 9.95. The van der Waals surface area contributed by atoms with Gasteiger partial charge in [0.15, 0.2) is 0 Å². The van der Waals surface area contributed by atoms with Crippen LogP contribution in [0.5, 0.6) is 5.75 Å². The van der Waals surface area contributed by atoms with Crippen LogP contribution < -0.4 is 4.74 Å². The molecule has 1 heterocycles. The predicted molar refractivity (Wildman–Crippen MR) is 97.5 cm³/mol. The Morgan fingerprint density at radius 1 is 1.15 bits per heavy atom. The summed E-state index contributed by atoms with van der Waals surface area (Å²) in [4.78, 5) is 12.4. The van der Waals surface area contributed by atoms with E-state index in [0.717, 1.165) is 5.56 Å². The molecule has 3 rings (SSSR count). The summed E-state index contributed by atoms with van der Waals surface area (Å²) in [6.07, 6.45) is 1.81. The zero-order chi connectivity index (χ0) is 18.4. The molecule has 0 aliphatic carbocycles. The molecule has 26 heavy (non-hydrogen) atoms. The fraction of sp³-hybridized carbons (Fsp3) is 0.190. The standard InChI is InChI=1S/C21H20O5/c1-24-20(22)19-16(12-15-8-4-2-5-9-15)13-18(26-21(19)23)14-25-17-10-6-3-7-11-17/h2-12,18,22H,13-14H2,1H3/b16-12?,20-19-. The topological polar surface area (TPSA) is 65.0 Å². The Bertz CT molecular complexity index is 809. The van der Waals surface area contributed by atoms with E-state index in [2.05, 4.69) is 0 Å². The van der Waals surface area contributed by atoms with Crippen molar-refractivity contribution in [2.45, 2.75) is 12.5 Å². The number of hydrogen-bond donors (Lipinski definition) is 1. The minimum Gasteiger partial charge on any atom is -0.490 e. The minimum atomic E-state index is -0.626. The first-order valence-corrected chi connectivity index (χ1v) is 8.29. The van der Waals surface area contributed by atoms with Crippen LogP contribution in [0.15, 0.2) is 77.8 Å². The van der Waals surface area contributed by atoms with E-state index in [0.29, 0.717) is 17.7 Å². The van der Waals surface area contributed by atoms with Gasteiger partial charge in [-0.2, -0.15) is 0 Å². The molecular formula is C21H20O5. The first kappa shape index (κ1) is 17.6. The molecule has 0 spiro atoms. The summed E-state index contributed by atoms with van der Waals surface area (Å²) in [6.45, 7) is 0.225. The summed E-state index contributed by atoms with van der Waals surface area (Å²) < 4.78 is 16.0. The van der Waals surface area contributed by atoms with E-state index < -0.39 is 18.0 Å². The van der Waals surface area contributed by atoms with E-state index in [1.165, 1.54) is 7.11 Å². The number of para-hydroxylation sites is 1. The van der Waals surface area contributed by atoms with Gasteiger partial charge in [0.1, 0.15) is 24.0 Å². The summed E-state index contributed by atoms with van der Waals surface area (Å²) in [6, 6.07) is 18.9. The van der Waals surface area contributed by atoms with Crippen LogP contribution in [0.3, 0.4) is 0 Å². The fourth-order valence-electron chi connectivity index (χ4n) is 2.74. The highest BCUT2D eigenvalue weighted by Crippen LogP contribution is 2.30. The van der Waals surface area contributed by atoms with Crippen molar-refractivity contribution in [3.8, 4) is 5.75 Å². The van der Waals surface area contributed by atoms with Gasteiger partial charge in [-0.3, -0.25) is 0 Å². The van der Waals surface area contributed by atoms with E-state index >= 15 is 0 Å². The predicted octanol–water partition coefficient (Wildman–Crippen LogP) is 3.88. The Morgan fingerprint density at radius 2 is 1.81 bits per heavy atom. The van der Waals surface area contributed by atoms with Crippen LogP contribution >= 0.6 is 0 Å². The number of aliphatic hydroxyl groups is 1. The van der Waals surface area contributed by atoms with Gasteiger partial charge in [-0.05, 0) is 23.3 Å². The van der Waals surface area contributed by atoms with Crippen molar-refractivity contribution in [1.29, 1.82) is 0 Å². The van der Waals surface area contributed by atoms with Crippen LogP contribution in [0.4, 0.5) is 0 Å². The molecule has 1 saturated heterocycles. The molecule has 1 fully saturated rings. The van der Waals surface area contributed by atoms with Crippen LogP contribution in [-0.2, 0) is 14.3 Å². The minimum absolute atomic E-state index is 0.0484. The number of carbonyl (C=O) groups is 1. The number of aliphatic hydroxyl groups excluding tert-OH is 1. The third-order valence-electron chi connectivity index (χ3n) is 3.97. The lowest BCUT2D eigenvalue weighted by Gasteiger charge is -2.26. The Morgan fingerprint density at radius 3 is 2.46 bits per heavy atom. The highest BCUT2D eigenvalue weighted by atomic mass is 16.6. The van der Waals surface area contributed by atoms with Gasteiger partial charge in [0, 0.05) is 6.42 Å². The normalized spacial score (nSPS) is 20.4. The maximum Gasteiger partial charge on any atom is 0.346 e. The van der Waals surface area contributed by atoms with Crippen molar-refractivity contribution in [1.82, 2.24) is 0 Å². The Hall–Kier alpha value is -3.21. The van der Waals surface area contributed by atoms with E-state index in [4.69, 9.17) is 14.2 Å². The number of benzene rings is 2. The summed E-state index contributed by atoms with van der Waals surface area (Å²) >= 11 is 0. The molecule has 1 unspecified atom stereocenters. The van der Waals surface area contributed by atoms with Gasteiger partial charge in [0.25, 0.3) is 5.95 Å². The number of ether oxygens (including phenoxy) is 3. The quantitative estimate of drug-likeness (QED) is 0.503. The molecular weight excluding hydrogens is 332 g/mol. The monoisotopic (exact) mass is 352 g/mol. The third-order valence-corrected chi connectivity index (χ3v) is 3.97. The first-order valence-electron chi connectivity index (χ1n) is 8.29. The fourth-order valence-corrected chi connectivity index (χ4v) is 2.74. The van der Waals surface area contributed by atoms with Crippen molar-refractivity contribution in [2.24, 2.45) is 0 Å². The number of cyclic esters (lactones) is 1. The number of hydrogen-bond acceptors (Lipinski definition) is 5. The SMILES string of the molecule is CO/C(O)=C1\C(=O)OC(COc2ccccc2)CC1=Cc1ccccc1. The van der Waals surface area contributed by atoms with E-state index in [-0.39, 0.29) is 12.2 Å². The summed E-state index contributed by atoms with van der Waals surface area (Å²) in [5.41, 5.74) is 1.61. The van der Waals surface area contributed by atoms with Gasteiger partial charge in [-0.1, -0.05) is 54.6 Å². The molecule has 0 radical (unpaired) electrons. The molecule has 0 aromatic heterocycles. The van der Waals surface area contributed by atoms with Crippen molar-refractivity contribution in [3.63, 3.8) is 0 Å². The Balaban J connectivity index is 1.82. The Labute approximate surface area is 152 Å². The van der Waals surface area contributed by atoms with Crippen LogP contribution in [0.1, 0.15) is 12.0 Å². The number of rotatable bonds is 5. The van der Waals surface area contributed by atoms with Crippen LogP contribution in [-0.4, -0.2) is 30.9 Å². The molecule has 134 valence electrons. The van der Waals surface area contributed by atoms with E-state index in [1.54, 1.807) is 0 Å². The Kier molecular flexibility index (Phi) is 5.59. The molecule has 2 aromatic carbocycles. The zero-order valence-corrected chi connectivity index (χ0v) is 14.4. The van der Waals surface area contributed by atoms with Crippen LogP contribution in [0, 0.1) is 0 Å². The van der Waals surface area contributed by atoms with Crippen LogP contribution in [0.25, 0.3) is 6.08 Å². The smallest absolute Gasteiger partial charge is 0.346 e. The third kappa shape index (κ3) is 4.25. The molecule has 1 N–H and O–H groups in total. The van der Waals surface area contributed by atoms with Crippen molar-refractivity contribution in [3.05, 3.63) is 83.3 Å². The number of esters is 1. The molecule has 5 heteroatoms. The highest BCUT2D eigenvalue weighted by Gasteiger charge is 2.33. The summed E-state index contributed by atoms with van der Waals surface area (Å²) in [5.74, 6) is -0.364. The second kappa shape index (κ2) is 8.25. The lowest BCUT2D eigenvalue weighted by Crippen LogP contribution is -2.32. The van der Waals surface area contributed by atoms with Gasteiger partial charge < -0.3 is 19.3 Å². The van der Waals surface area contributed by atoms with E-state index in [1.807, 2.05) is 66.7 Å². The summed E-state index contributed by atoms with van der Waals surface area (Å²) in [7, 11) is 1.31.